The molecule has 2 nitrogen and oxygen atoms in total. The van der Waals surface area contributed by atoms with Crippen LogP contribution in [0.4, 0.5) is 0 Å². The Kier molecular flexibility index (Phi) is 5.46. The summed E-state index contributed by atoms with van der Waals surface area (Å²) in [5.74, 6) is 0. The van der Waals surface area contributed by atoms with E-state index in [4.69, 9.17) is 5.11 Å². The second kappa shape index (κ2) is 6.19. The molecule has 0 amide bonds. The van der Waals surface area contributed by atoms with Gasteiger partial charge in [0.15, 0.2) is 0 Å². The van der Waals surface area contributed by atoms with Gasteiger partial charge in [0.05, 0.1) is 0 Å². The SMILES string of the molecule is CC(C)(CCCO)CNC1CCCC(C)(C)C1. The Hall–Kier alpha value is -0.0800. The molecule has 17 heavy (non-hydrogen) atoms. The minimum atomic E-state index is 0.310. The lowest BCUT2D eigenvalue weighted by molar-refractivity contribution is 0.177. The van der Waals surface area contributed by atoms with Gasteiger partial charge >= 0.3 is 0 Å². The third kappa shape index (κ3) is 5.87. The van der Waals surface area contributed by atoms with Crippen molar-refractivity contribution in [3.8, 4) is 0 Å². The third-order valence-corrected chi connectivity index (χ3v) is 4.09. The zero-order valence-electron chi connectivity index (χ0n) is 12.2. The first-order valence-corrected chi connectivity index (χ1v) is 7.19. The first-order chi connectivity index (χ1) is 7.85. The highest BCUT2D eigenvalue weighted by Crippen LogP contribution is 2.35. The summed E-state index contributed by atoms with van der Waals surface area (Å²) >= 11 is 0. The van der Waals surface area contributed by atoms with Crippen molar-refractivity contribution in [2.45, 2.75) is 72.3 Å². The quantitative estimate of drug-likeness (QED) is 0.747. The summed E-state index contributed by atoms with van der Waals surface area (Å²) in [7, 11) is 0. The first-order valence-electron chi connectivity index (χ1n) is 7.19. The van der Waals surface area contributed by atoms with E-state index in [1.54, 1.807) is 0 Å². The van der Waals surface area contributed by atoms with Crippen LogP contribution in [0.5, 0.6) is 0 Å². The lowest BCUT2D eigenvalue weighted by atomic mass is 9.75. The maximum atomic E-state index is 8.89. The molecule has 0 heterocycles. The van der Waals surface area contributed by atoms with Crippen LogP contribution in [0.25, 0.3) is 0 Å². The summed E-state index contributed by atoms with van der Waals surface area (Å²) in [6, 6.07) is 0.701. The Labute approximate surface area is 107 Å². The molecule has 0 aromatic carbocycles. The second-order valence-electron chi connectivity index (χ2n) is 7.33. The lowest BCUT2D eigenvalue weighted by Gasteiger charge is -2.37. The molecule has 1 aliphatic carbocycles. The van der Waals surface area contributed by atoms with Crippen LogP contribution in [0, 0.1) is 10.8 Å². The third-order valence-electron chi connectivity index (χ3n) is 4.09. The molecule has 0 radical (unpaired) electrons. The molecule has 2 N–H and O–H groups in total. The summed E-state index contributed by atoms with van der Waals surface area (Å²) in [5, 5.41) is 12.6. The van der Waals surface area contributed by atoms with Gasteiger partial charge in [-0.25, -0.2) is 0 Å². The molecular weight excluding hydrogens is 210 g/mol. The molecule has 2 heteroatoms. The van der Waals surface area contributed by atoms with E-state index < -0.39 is 0 Å². The minimum absolute atomic E-state index is 0.310. The van der Waals surface area contributed by atoms with Crippen LogP contribution in [0.3, 0.4) is 0 Å². The van der Waals surface area contributed by atoms with Crippen LogP contribution < -0.4 is 5.32 Å². The number of nitrogens with one attached hydrogen (secondary N) is 1. The smallest absolute Gasteiger partial charge is 0.0431 e. The first kappa shape index (κ1) is 15.0. The van der Waals surface area contributed by atoms with Crippen molar-refractivity contribution >= 4 is 0 Å². The standard InChI is InChI=1S/C15H31NO/c1-14(2)8-5-7-13(11-14)16-12-15(3,4)9-6-10-17/h13,16-17H,5-12H2,1-4H3. The van der Waals surface area contributed by atoms with Gasteiger partial charge in [-0.05, 0) is 42.9 Å². The van der Waals surface area contributed by atoms with Gasteiger partial charge < -0.3 is 10.4 Å². The average molecular weight is 241 g/mol. The van der Waals surface area contributed by atoms with Gasteiger partial charge in [0, 0.05) is 19.2 Å². The fourth-order valence-electron chi connectivity index (χ4n) is 2.94. The Bertz CT molecular complexity index is 223. The summed E-state index contributed by atoms with van der Waals surface area (Å²) in [6.45, 7) is 10.8. The fraction of sp³-hybridized carbons (Fsp3) is 1.00. The second-order valence-corrected chi connectivity index (χ2v) is 7.33. The van der Waals surface area contributed by atoms with Gasteiger partial charge in [-0.2, -0.15) is 0 Å². The van der Waals surface area contributed by atoms with E-state index in [9.17, 15) is 0 Å². The van der Waals surface area contributed by atoms with Crippen LogP contribution in [-0.2, 0) is 0 Å². The van der Waals surface area contributed by atoms with E-state index in [1.165, 1.54) is 25.7 Å². The molecule has 0 spiro atoms. The number of rotatable bonds is 6. The van der Waals surface area contributed by atoms with E-state index in [1.807, 2.05) is 0 Å². The van der Waals surface area contributed by atoms with E-state index in [2.05, 4.69) is 33.0 Å². The molecule has 1 atom stereocenters. The summed E-state index contributed by atoms with van der Waals surface area (Å²) in [6.07, 6.45) is 7.40. The van der Waals surface area contributed by atoms with Crippen molar-refractivity contribution in [1.82, 2.24) is 5.32 Å². The molecule has 0 bridgehead atoms. The van der Waals surface area contributed by atoms with Crippen molar-refractivity contribution in [2.75, 3.05) is 13.2 Å². The Morgan fingerprint density at radius 2 is 2.06 bits per heavy atom. The Balaban J connectivity index is 2.29. The average Bonchev–Trinajstić information content (AvgIpc) is 2.23. The van der Waals surface area contributed by atoms with Crippen LogP contribution in [0.2, 0.25) is 0 Å². The van der Waals surface area contributed by atoms with Crippen molar-refractivity contribution in [3.05, 3.63) is 0 Å². The van der Waals surface area contributed by atoms with Crippen molar-refractivity contribution in [2.24, 2.45) is 10.8 Å². The molecule has 0 aromatic rings. The summed E-state index contributed by atoms with van der Waals surface area (Å²) < 4.78 is 0. The summed E-state index contributed by atoms with van der Waals surface area (Å²) in [4.78, 5) is 0. The largest absolute Gasteiger partial charge is 0.396 e. The maximum Gasteiger partial charge on any atom is 0.0431 e. The maximum absolute atomic E-state index is 8.89. The molecular formula is C15H31NO. The monoisotopic (exact) mass is 241 g/mol. The van der Waals surface area contributed by atoms with Crippen LogP contribution in [0.1, 0.15) is 66.2 Å². The van der Waals surface area contributed by atoms with Crippen molar-refractivity contribution in [3.63, 3.8) is 0 Å². The number of hydrogen-bond donors (Lipinski definition) is 2. The highest BCUT2D eigenvalue weighted by atomic mass is 16.2. The van der Waals surface area contributed by atoms with Crippen molar-refractivity contribution < 1.29 is 5.11 Å². The molecule has 102 valence electrons. The summed E-state index contributed by atoms with van der Waals surface area (Å²) in [5.41, 5.74) is 0.829. The Morgan fingerprint density at radius 3 is 2.65 bits per heavy atom. The topological polar surface area (TPSA) is 32.3 Å². The number of aliphatic hydroxyl groups is 1. The fourth-order valence-corrected chi connectivity index (χ4v) is 2.94. The van der Waals surface area contributed by atoms with E-state index >= 15 is 0 Å². The highest BCUT2D eigenvalue weighted by molar-refractivity contribution is 4.85. The molecule has 1 unspecified atom stereocenters. The van der Waals surface area contributed by atoms with E-state index in [-0.39, 0.29) is 0 Å². The molecule has 1 fully saturated rings. The number of aliphatic hydroxyl groups excluding tert-OH is 1. The molecule has 1 saturated carbocycles. The van der Waals surface area contributed by atoms with Gasteiger partial charge in [0.1, 0.15) is 0 Å². The van der Waals surface area contributed by atoms with Gasteiger partial charge in [-0.3, -0.25) is 0 Å². The van der Waals surface area contributed by atoms with Gasteiger partial charge in [0.2, 0.25) is 0 Å². The van der Waals surface area contributed by atoms with Gasteiger partial charge in [-0.15, -0.1) is 0 Å². The predicted molar refractivity (Wildman–Crippen MR) is 74.1 cm³/mol. The van der Waals surface area contributed by atoms with E-state index in [0.29, 0.717) is 23.5 Å². The Morgan fingerprint density at radius 1 is 1.35 bits per heavy atom. The molecule has 0 saturated heterocycles. The number of hydrogen-bond acceptors (Lipinski definition) is 2. The zero-order chi connectivity index (χ0) is 12.9. The molecule has 1 aliphatic rings. The normalized spacial score (nSPS) is 24.9. The van der Waals surface area contributed by atoms with Gasteiger partial charge in [0.25, 0.3) is 0 Å². The van der Waals surface area contributed by atoms with Gasteiger partial charge in [-0.1, -0.05) is 34.1 Å². The minimum Gasteiger partial charge on any atom is -0.396 e. The van der Waals surface area contributed by atoms with Crippen LogP contribution in [-0.4, -0.2) is 24.3 Å². The predicted octanol–water partition coefficient (Wildman–Crippen LogP) is 3.34. The molecule has 0 aromatic heterocycles. The van der Waals surface area contributed by atoms with Crippen LogP contribution in [0.15, 0.2) is 0 Å². The molecule has 1 rings (SSSR count). The van der Waals surface area contributed by atoms with E-state index in [0.717, 1.165) is 19.4 Å². The zero-order valence-corrected chi connectivity index (χ0v) is 12.2. The van der Waals surface area contributed by atoms with Crippen LogP contribution >= 0.6 is 0 Å². The lowest BCUT2D eigenvalue weighted by Crippen LogP contribution is -2.41. The molecule has 0 aliphatic heterocycles. The van der Waals surface area contributed by atoms with Crippen molar-refractivity contribution in [1.29, 1.82) is 0 Å². The highest BCUT2D eigenvalue weighted by Gasteiger charge is 2.28.